The van der Waals surface area contributed by atoms with Gasteiger partial charge in [-0.25, -0.2) is 0 Å². The van der Waals surface area contributed by atoms with E-state index in [4.69, 9.17) is 21.1 Å². The van der Waals surface area contributed by atoms with Crippen molar-refractivity contribution in [1.82, 2.24) is 15.1 Å². The number of halogens is 1. The number of carbonyl (C=O) groups excluding carboxylic acids is 2. The largest absolute Gasteiger partial charge is 0.493 e. The molecule has 1 unspecified atom stereocenters. The minimum atomic E-state index is -0.282. The summed E-state index contributed by atoms with van der Waals surface area (Å²) in [6, 6.07) is 12.7. The molecule has 172 valence electrons. The fraction of sp³-hybridized carbons (Fsp3) is 0.417. The molecule has 1 fully saturated rings. The Labute approximate surface area is 194 Å². The van der Waals surface area contributed by atoms with Crippen molar-refractivity contribution in [3.05, 3.63) is 58.6 Å². The first-order valence-electron chi connectivity index (χ1n) is 10.7. The molecule has 0 radical (unpaired) electrons. The van der Waals surface area contributed by atoms with Crippen molar-refractivity contribution in [1.29, 1.82) is 0 Å². The molecule has 0 saturated carbocycles. The Balaban J connectivity index is 1.47. The molecule has 1 N–H and O–H groups in total. The Kier molecular flexibility index (Phi) is 8.36. The van der Waals surface area contributed by atoms with Gasteiger partial charge >= 0.3 is 0 Å². The minimum absolute atomic E-state index is 0.0457. The Morgan fingerprint density at radius 3 is 2.38 bits per heavy atom. The molecule has 0 aromatic heterocycles. The fourth-order valence-corrected chi connectivity index (χ4v) is 3.97. The smallest absolute Gasteiger partial charge is 0.237 e. The van der Waals surface area contributed by atoms with Crippen molar-refractivity contribution in [2.24, 2.45) is 0 Å². The summed E-state index contributed by atoms with van der Waals surface area (Å²) in [5, 5.41) is 3.60. The number of carbonyl (C=O) groups is 2. The highest BCUT2D eigenvalue weighted by molar-refractivity contribution is 6.31. The Morgan fingerprint density at radius 2 is 1.72 bits per heavy atom. The van der Waals surface area contributed by atoms with E-state index in [2.05, 4.69) is 10.2 Å². The van der Waals surface area contributed by atoms with Crippen LogP contribution in [0.4, 0.5) is 0 Å². The third kappa shape index (κ3) is 5.93. The lowest BCUT2D eigenvalue weighted by atomic mass is 10.1. The molecule has 1 heterocycles. The van der Waals surface area contributed by atoms with E-state index in [0.717, 1.165) is 11.1 Å². The quantitative estimate of drug-likeness (QED) is 0.657. The van der Waals surface area contributed by atoms with Crippen molar-refractivity contribution >= 4 is 23.4 Å². The molecule has 0 bridgehead atoms. The summed E-state index contributed by atoms with van der Waals surface area (Å²) in [6.07, 6.45) is 0.293. The van der Waals surface area contributed by atoms with E-state index in [-0.39, 0.29) is 17.9 Å². The number of nitrogens with zero attached hydrogens (tertiary/aromatic N) is 2. The van der Waals surface area contributed by atoms with Crippen LogP contribution in [0.5, 0.6) is 11.5 Å². The first-order valence-corrected chi connectivity index (χ1v) is 11.0. The van der Waals surface area contributed by atoms with E-state index in [0.29, 0.717) is 55.7 Å². The number of benzene rings is 2. The summed E-state index contributed by atoms with van der Waals surface area (Å²) >= 11 is 6.18. The van der Waals surface area contributed by atoms with E-state index in [1.54, 1.807) is 20.3 Å². The second-order valence-electron chi connectivity index (χ2n) is 7.77. The van der Waals surface area contributed by atoms with E-state index in [1.807, 2.05) is 48.2 Å². The van der Waals surface area contributed by atoms with Crippen LogP contribution in [-0.2, 0) is 22.6 Å². The maximum Gasteiger partial charge on any atom is 0.237 e. The summed E-state index contributed by atoms with van der Waals surface area (Å²) in [4.78, 5) is 29.3. The van der Waals surface area contributed by atoms with Crippen molar-refractivity contribution in [2.45, 2.75) is 25.9 Å². The molecule has 0 aliphatic carbocycles. The van der Waals surface area contributed by atoms with E-state index in [9.17, 15) is 9.59 Å². The fourth-order valence-electron chi connectivity index (χ4n) is 3.77. The molecule has 1 saturated heterocycles. The molecule has 0 spiro atoms. The van der Waals surface area contributed by atoms with Gasteiger partial charge in [0.2, 0.25) is 11.8 Å². The highest BCUT2D eigenvalue weighted by Crippen LogP contribution is 2.27. The number of piperazine rings is 1. The molecule has 2 aromatic carbocycles. The molecule has 3 rings (SSSR count). The van der Waals surface area contributed by atoms with Crippen molar-refractivity contribution < 1.29 is 19.1 Å². The highest BCUT2D eigenvalue weighted by Gasteiger charge is 2.27. The average molecular weight is 460 g/mol. The van der Waals surface area contributed by atoms with Gasteiger partial charge in [0.1, 0.15) is 0 Å². The van der Waals surface area contributed by atoms with E-state index in [1.165, 1.54) is 0 Å². The van der Waals surface area contributed by atoms with Crippen LogP contribution in [-0.4, -0.2) is 68.1 Å². The molecule has 1 aliphatic rings. The monoisotopic (exact) mass is 459 g/mol. The number of hydrogen-bond acceptors (Lipinski definition) is 5. The lowest BCUT2D eigenvalue weighted by molar-refractivity contribution is -0.133. The summed E-state index contributed by atoms with van der Waals surface area (Å²) in [7, 11) is 3.17. The van der Waals surface area contributed by atoms with Crippen LogP contribution in [0.2, 0.25) is 5.02 Å². The SMILES string of the molecule is COc1ccc(CNC(=O)C(C)N2CCN(C(=O)Cc3ccccc3Cl)CC2)cc1OC. The van der Waals surface area contributed by atoms with Gasteiger partial charge in [-0.1, -0.05) is 35.9 Å². The predicted molar refractivity (Wildman–Crippen MR) is 124 cm³/mol. The van der Waals surface area contributed by atoms with E-state index < -0.39 is 0 Å². The van der Waals surface area contributed by atoms with Crippen LogP contribution in [0.15, 0.2) is 42.5 Å². The third-order valence-corrected chi connectivity index (χ3v) is 6.18. The molecule has 7 nitrogen and oxygen atoms in total. The molecule has 2 amide bonds. The van der Waals surface area contributed by atoms with Crippen LogP contribution >= 0.6 is 11.6 Å². The summed E-state index contributed by atoms with van der Waals surface area (Å²) in [6.45, 7) is 4.79. The Hall–Kier alpha value is -2.77. The van der Waals surface area contributed by atoms with Crippen molar-refractivity contribution in [2.75, 3.05) is 40.4 Å². The summed E-state index contributed by atoms with van der Waals surface area (Å²) in [5.41, 5.74) is 1.77. The van der Waals surface area contributed by atoms with Gasteiger partial charge < -0.3 is 19.7 Å². The van der Waals surface area contributed by atoms with Gasteiger partial charge in [0.05, 0.1) is 26.7 Å². The number of amides is 2. The molecule has 1 atom stereocenters. The van der Waals surface area contributed by atoms with Crippen LogP contribution in [0, 0.1) is 0 Å². The normalized spacial score (nSPS) is 15.2. The van der Waals surface area contributed by atoms with Crippen molar-refractivity contribution in [3.8, 4) is 11.5 Å². The molecule has 32 heavy (non-hydrogen) atoms. The average Bonchev–Trinajstić information content (AvgIpc) is 2.83. The summed E-state index contributed by atoms with van der Waals surface area (Å²) < 4.78 is 10.6. The van der Waals surface area contributed by atoms with Gasteiger partial charge in [0.15, 0.2) is 11.5 Å². The maximum absolute atomic E-state index is 12.7. The molecule has 1 aliphatic heterocycles. The van der Waals surface area contributed by atoms with Gasteiger partial charge in [-0.05, 0) is 36.2 Å². The standard InChI is InChI=1S/C24H30ClN3O4/c1-17(24(30)26-16-18-8-9-21(31-2)22(14-18)32-3)27-10-12-28(13-11-27)23(29)15-19-6-4-5-7-20(19)25/h4-9,14,17H,10-13,15-16H2,1-3H3,(H,26,30). The van der Waals surface area contributed by atoms with Gasteiger partial charge in [-0.15, -0.1) is 0 Å². The first kappa shape index (κ1) is 23.9. The number of nitrogens with one attached hydrogen (secondary N) is 1. The topological polar surface area (TPSA) is 71.1 Å². The summed E-state index contributed by atoms with van der Waals surface area (Å²) in [5.74, 6) is 1.29. The number of ether oxygens (including phenoxy) is 2. The van der Waals surface area contributed by atoms with Gasteiger partial charge in [0, 0.05) is 37.7 Å². The van der Waals surface area contributed by atoms with E-state index >= 15 is 0 Å². The minimum Gasteiger partial charge on any atom is -0.493 e. The zero-order chi connectivity index (χ0) is 23.1. The van der Waals surface area contributed by atoms with Gasteiger partial charge in [-0.2, -0.15) is 0 Å². The van der Waals surface area contributed by atoms with Gasteiger partial charge in [-0.3, -0.25) is 14.5 Å². The van der Waals surface area contributed by atoms with Crippen LogP contribution in [0.3, 0.4) is 0 Å². The van der Waals surface area contributed by atoms with Gasteiger partial charge in [0.25, 0.3) is 0 Å². The highest BCUT2D eigenvalue weighted by atomic mass is 35.5. The van der Waals surface area contributed by atoms with Crippen molar-refractivity contribution in [3.63, 3.8) is 0 Å². The van der Waals surface area contributed by atoms with Crippen LogP contribution in [0.25, 0.3) is 0 Å². The Bertz CT molecular complexity index is 945. The lowest BCUT2D eigenvalue weighted by Crippen LogP contribution is -2.55. The first-order chi connectivity index (χ1) is 15.4. The maximum atomic E-state index is 12.7. The predicted octanol–water partition coefficient (Wildman–Crippen LogP) is 2.75. The number of methoxy groups -OCH3 is 2. The molecular formula is C24H30ClN3O4. The molecule has 2 aromatic rings. The molecule has 8 heteroatoms. The number of rotatable bonds is 8. The second-order valence-corrected chi connectivity index (χ2v) is 8.18. The second kappa shape index (κ2) is 11.2. The van der Waals surface area contributed by atoms with Crippen LogP contribution < -0.4 is 14.8 Å². The number of hydrogen-bond donors (Lipinski definition) is 1. The Morgan fingerprint density at radius 1 is 1.03 bits per heavy atom. The zero-order valence-electron chi connectivity index (χ0n) is 18.8. The zero-order valence-corrected chi connectivity index (χ0v) is 19.5. The third-order valence-electron chi connectivity index (χ3n) is 5.81. The lowest BCUT2D eigenvalue weighted by Gasteiger charge is -2.37. The van der Waals surface area contributed by atoms with Crippen LogP contribution in [0.1, 0.15) is 18.1 Å². The molecular weight excluding hydrogens is 430 g/mol.